The van der Waals surface area contributed by atoms with Crippen molar-refractivity contribution in [3.8, 4) is 0 Å². The summed E-state index contributed by atoms with van der Waals surface area (Å²) in [5.41, 5.74) is 0. The molecule has 0 radical (unpaired) electrons. The molecule has 2 N–H and O–H groups in total. The van der Waals surface area contributed by atoms with Crippen LogP contribution in [0, 0.1) is 5.92 Å². The molecule has 0 aliphatic carbocycles. The van der Waals surface area contributed by atoms with E-state index in [0.29, 0.717) is 6.61 Å². The van der Waals surface area contributed by atoms with Gasteiger partial charge in [0.25, 0.3) is 0 Å². The lowest BCUT2D eigenvalue weighted by Crippen LogP contribution is -2.46. The maximum absolute atomic E-state index is 9.13. The lowest BCUT2D eigenvalue weighted by molar-refractivity contribution is 0.113. The Morgan fingerprint density at radius 3 is 1.77 bits per heavy atom. The van der Waals surface area contributed by atoms with Gasteiger partial charge in [0, 0.05) is 6.61 Å². The first-order chi connectivity index (χ1) is 11.4. The van der Waals surface area contributed by atoms with Crippen LogP contribution < -0.4 is 0 Å². The number of rotatable bonds is 9. The monoisotopic (exact) mass is 402 g/mol. The first kappa shape index (κ1) is 26.1. The first-order valence-corrected chi connectivity index (χ1v) is 15.6. The van der Waals surface area contributed by atoms with E-state index in [1.165, 1.54) is 5.98 Å². The molecular weight excluding hydrogens is 359 g/mol. The molecule has 0 bridgehead atoms. The minimum absolute atomic E-state index is 0.00987. The van der Waals surface area contributed by atoms with Gasteiger partial charge in [-0.25, -0.2) is 0 Å². The van der Waals surface area contributed by atoms with Gasteiger partial charge in [-0.15, -0.1) is 0 Å². The van der Waals surface area contributed by atoms with Gasteiger partial charge in [0.05, 0.1) is 6.10 Å². The molecule has 0 amide bonds. The van der Waals surface area contributed by atoms with Gasteiger partial charge in [0.2, 0.25) is 0 Å². The number of hydrogen-bond donors (Lipinski definition) is 2. The average Bonchev–Trinajstić information content (AvgIpc) is 2.40. The predicted octanol–water partition coefficient (Wildman–Crippen LogP) is 4.99. The van der Waals surface area contributed by atoms with Crippen LogP contribution >= 0.6 is 0 Å². The maximum Gasteiger partial charge on any atom is 0.480 e. The summed E-state index contributed by atoms with van der Waals surface area (Å²) in [6.45, 7) is 25.2. The van der Waals surface area contributed by atoms with Crippen molar-refractivity contribution in [2.75, 3.05) is 6.61 Å². The van der Waals surface area contributed by atoms with Crippen molar-refractivity contribution in [2.24, 2.45) is 5.92 Å². The Bertz CT molecular complexity index is 451. The minimum atomic E-state index is -1.92. The smallest absolute Gasteiger partial charge is 0.424 e. The highest BCUT2D eigenvalue weighted by atomic mass is 28.4. The third kappa shape index (κ3) is 8.40. The molecule has 0 aromatic carbocycles. The van der Waals surface area contributed by atoms with Crippen molar-refractivity contribution in [3.05, 3.63) is 12.1 Å². The Morgan fingerprint density at radius 2 is 1.38 bits per heavy atom. The van der Waals surface area contributed by atoms with Crippen molar-refractivity contribution in [3.63, 3.8) is 0 Å². The quantitative estimate of drug-likeness (QED) is 0.533. The Hall–Kier alpha value is 0.0787. The summed E-state index contributed by atoms with van der Waals surface area (Å²) in [5, 5.41) is 18.6. The molecule has 2 atom stereocenters. The second kappa shape index (κ2) is 9.52. The van der Waals surface area contributed by atoms with Crippen LogP contribution in [-0.4, -0.2) is 46.5 Å². The van der Waals surface area contributed by atoms with Gasteiger partial charge in [0.15, 0.2) is 16.6 Å². The van der Waals surface area contributed by atoms with Gasteiger partial charge in [-0.2, -0.15) is 0 Å². The minimum Gasteiger partial charge on any atom is -0.424 e. The summed E-state index contributed by atoms with van der Waals surface area (Å²) < 4.78 is 13.0. The molecule has 7 heteroatoms. The van der Waals surface area contributed by atoms with Gasteiger partial charge in [-0.1, -0.05) is 60.5 Å². The van der Waals surface area contributed by atoms with E-state index in [9.17, 15) is 0 Å². The summed E-state index contributed by atoms with van der Waals surface area (Å²) >= 11 is 0. The van der Waals surface area contributed by atoms with Crippen molar-refractivity contribution < 1.29 is 18.9 Å². The van der Waals surface area contributed by atoms with Crippen LogP contribution in [0.2, 0.25) is 36.3 Å². The summed E-state index contributed by atoms with van der Waals surface area (Å²) in [6.07, 6.45) is 2.66. The van der Waals surface area contributed by atoms with Crippen LogP contribution in [0.4, 0.5) is 0 Å². The van der Waals surface area contributed by atoms with Crippen molar-refractivity contribution >= 4 is 23.8 Å². The van der Waals surface area contributed by atoms with Gasteiger partial charge in [-0.3, -0.25) is 0 Å². The van der Waals surface area contributed by atoms with E-state index in [-0.39, 0.29) is 22.1 Å². The van der Waals surface area contributed by atoms with E-state index in [0.717, 1.165) is 6.42 Å². The summed E-state index contributed by atoms with van der Waals surface area (Å²) in [4.78, 5) is 0. The van der Waals surface area contributed by atoms with Crippen LogP contribution in [0.15, 0.2) is 12.1 Å². The molecule has 0 spiro atoms. The molecule has 4 nitrogen and oxygen atoms in total. The molecule has 26 heavy (non-hydrogen) atoms. The Kier molecular flexibility index (Phi) is 9.55. The molecule has 0 aromatic heterocycles. The molecule has 0 unspecified atom stereocenters. The van der Waals surface area contributed by atoms with E-state index >= 15 is 0 Å². The largest absolute Gasteiger partial charge is 0.480 e. The van der Waals surface area contributed by atoms with Crippen LogP contribution in [0.1, 0.15) is 54.9 Å². The van der Waals surface area contributed by atoms with Crippen LogP contribution in [0.5, 0.6) is 0 Å². The molecule has 0 saturated carbocycles. The van der Waals surface area contributed by atoms with Crippen LogP contribution in [0.25, 0.3) is 0 Å². The van der Waals surface area contributed by atoms with E-state index < -0.39 is 23.8 Å². The van der Waals surface area contributed by atoms with Crippen LogP contribution in [-0.2, 0) is 8.85 Å². The van der Waals surface area contributed by atoms with Gasteiger partial charge < -0.3 is 18.9 Å². The lowest BCUT2D eigenvalue weighted by atomic mass is 9.88. The topological polar surface area (TPSA) is 58.9 Å². The molecular formula is C19H43BO4Si2. The third-order valence-corrected chi connectivity index (χ3v) is 15.1. The van der Waals surface area contributed by atoms with Crippen LogP contribution in [0.3, 0.4) is 0 Å². The standard InChI is InChI=1S/C19H43BO4Si2/c1-16(12-14-20(21)22)17(24-26(10,11)19(5,6)7)13-15-23-25(8,9)18(2,3)4/h12,14,16-17,21-22H,13,15H2,1-11H3/b14-12+/t16-,17+/m1/s1. The van der Waals surface area contributed by atoms with Crippen molar-refractivity contribution in [1.29, 1.82) is 0 Å². The highest BCUT2D eigenvalue weighted by Crippen LogP contribution is 2.39. The Labute approximate surface area is 164 Å². The highest BCUT2D eigenvalue weighted by Gasteiger charge is 2.41. The fraction of sp³-hybridized carbons (Fsp3) is 0.895. The van der Waals surface area contributed by atoms with Gasteiger partial charge in [0.1, 0.15) is 0 Å². The Balaban J connectivity index is 5.17. The van der Waals surface area contributed by atoms with E-state index in [1.807, 2.05) is 6.08 Å². The molecule has 0 heterocycles. The van der Waals surface area contributed by atoms with E-state index in [2.05, 4.69) is 74.7 Å². The first-order valence-electron chi connectivity index (χ1n) is 9.77. The fourth-order valence-electron chi connectivity index (χ4n) is 2.03. The average molecular weight is 403 g/mol. The fourth-order valence-corrected chi connectivity index (χ4v) is 4.53. The molecule has 0 rings (SSSR count). The lowest BCUT2D eigenvalue weighted by Gasteiger charge is -2.41. The van der Waals surface area contributed by atoms with Crippen molar-refractivity contribution in [2.45, 2.75) is 97.3 Å². The van der Waals surface area contributed by atoms with Gasteiger partial charge >= 0.3 is 7.12 Å². The van der Waals surface area contributed by atoms with Gasteiger partial charge in [-0.05, 0) is 48.6 Å². The second-order valence-electron chi connectivity index (χ2n) is 10.5. The SMILES string of the molecule is C[C@H](/C=C/B(O)O)[C@H](CCO[Si](C)(C)C(C)(C)C)O[Si](C)(C)C(C)(C)C. The highest BCUT2D eigenvalue weighted by molar-refractivity contribution is 6.74. The molecule has 0 aliphatic heterocycles. The zero-order valence-electron chi connectivity index (χ0n) is 19.0. The summed E-state index contributed by atoms with van der Waals surface area (Å²) in [6, 6.07) is 0. The zero-order valence-corrected chi connectivity index (χ0v) is 21.0. The summed E-state index contributed by atoms with van der Waals surface area (Å²) in [7, 11) is -5.12. The molecule has 154 valence electrons. The molecule has 0 fully saturated rings. The summed E-state index contributed by atoms with van der Waals surface area (Å²) in [5.74, 6) is 1.51. The number of hydrogen-bond acceptors (Lipinski definition) is 4. The zero-order chi connectivity index (χ0) is 21.0. The predicted molar refractivity (Wildman–Crippen MR) is 118 cm³/mol. The van der Waals surface area contributed by atoms with Crippen molar-refractivity contribution in [1.82, 2.24) is 0 Å². The normalized spacial score (nSPS) is 16.8. The third-order valence-electron chi connectivity index (χ3n) is 6.10. The maximum atomic E-state index is 9.13. The molecule has 0 aliphatic rings. The molecule has 0 aromatic rings. The molecule has 0 saturated heterocycles. The Morgan fingerprint density at radius 1 is 0.923 bits per heavy atom. The van der Waals surface area contributed by atoms with E-state index in [4.69, 9.17) is 18.9 Å². The second-order valence-corrected chi connectivity index (χ2v) is 20.0. The van der Waals surface area contributed by atoms with E-state index in [1.54, 1.807) is 0 Å².